The molecule has 0 bridgehead atoms. The average Bonchev–Trinajstić information content (AvgIpc) is 2.72. The van der Waals surface area contributed by atoms with Gasteiger partial charge >= 0.3 is 0 Å². The molecule has 1 saturated carbocycles. The molecule has 0 saturated heterocycles. The molecule has 0 aromatic carbocycles. The zero-order valence-corrected chi connectivity index (χ0v) is 8.85. The first-order valence-corrected chi connectivity index (χ1v) is 5.99. The van der Waals surface area contributed by atoms with Crippen LogP contribution in [0.3, 0.4) is 0 Å². The van der Waals surface area contributed by atoms with Crippen molar-refractivity contribution in [2.45, 2.75) is 38.1 Å². The summed E-state index contributed by atoms with van der Waals surface area (Å²) >= 11 is 1.46. The van der Waals surface area contributed by atoms with Crippen molar-refractivity contribution in [2.75, 3.05) is 0 Å². The van der Waals surface area contributed by atoms with E-state index in [9.17, 15) is 4.79 Å². The molecular formula is C10H14N2OS. The predicted molar refractivity (Wildman–Crippen MR) is 56.5 cm³/mol. The number of carbonyl (C=O) groups is 1. The van der Waals surface area contributed by atoms with E-state index in [-0.39, 0.29) is 5.91 Å². The SMILES string of the molecule is O=C(NC1CCCCC1)c1cscn1. The molecule has 3 nitrogen and oxygen atoms in total. The van der Waals surface area contributed by atoms with Gasteiger partial charge in [0.2, 0.25) is 0 Å². The van der Waals surface area contributed by atoms with Gasteiger partial charge in [0.1, 0.15) is 5.69 Å². The lowest BCUT2D eigenvalue weighted by Crippen LogP contribution is -2.36. The number of nitrogens with one attached hydrogen (secondary N) is 1. The van der Waals surface area contributed by atoms with Gasteiger partial charge < -0.3 is 5.32 Å². The Hall–Kier alpha value is -0.900. The van der Waals surface area contributed by atoms with Gasteiger partial charge in [0.15, 0.2) is 0 Å². The summed E-state index contributed by atoms with van der Waals surface area (Å²) in [6.07, 6.45) is 6.03. The molecule has 1 aliphatic rings. The zero-order chi connectivity index (χ0) is 9.80. The minimum atomic E-state index is -0.0156. The molecule has 0 radical (unpaired) electrons. The molecule has 1 fully saturated rings. The van der Waals surface area contributed by atoms with Gasteiger partial charge in [-0.15, -0.1) is 11.3 Å². The van der Waals surface area contributed by atoms with Gasteiger partial charge in [-0.25, -0.2) is 4.98 Å². The summed E-state index contributed by atoms with van der Waals surface area (Å²) in [5.41, 5.74) is 2.25. The van der Waals surface area contributed by atoms with Crippen molar-refractivity contribution in [1.29, 1.82) is 0 Å². The lowest BCUT2D eigenvalue weighted by molar-refractivity contribution is 0.0923. The first kappa shape index (κ1) is 9.65. The number of nitrogens with zero attached hydrogens (tertiary/aromatic N) is 1. The Bertz CT molecular complexity index is 291. The highest BCUT2D eigenvalue weighted by atomic mass is 32.1. The minimum Gasteiger partial charge on any atom is -0.348 e. The topological polar surface area (TPSA) is 42.0 Å². The van der Waals surface area contributed by atoms with E-state index in [1.54, 1.807) is 10.9 Å². The molecule has 0 aliphatic heterocycles. The zero-order valence-electron chi connectivity index (χ0n) is 8.03. The van der Waals surface area contributed by atoms with E-state index in [4.69, 9.17) is 0 Å². The van der Waals surface area contributed by atoms with E-state index in [0.29, 0.717) is 11.7 Å². The molecule has 1 aliphatic carbocycles. The Morgan fingerprint density at radius 2 is 2.21 bits per heavy atom. The van der Waals surface area contributed by atoms with Crippen LogP contribution in [0.1, 0.15) is 42.6 Å². The van der Waals surface area contributed by atoms with Gasteiger partial charge in [-0.2, -0.15) is 0 Å². The van der Waals surface area contributed by atoms with E-state index in [1.165, 1.54) is 30.6 Å². The monoisotopic (exact) mass is 210 g/mol. The fraction of sp³-hybridized carbons (Fsp3) is 0.600. The van der Waals surface area contributed by atoms with E-state index >= 15 is 0 Å². The normalized spacial score (nSPS) is 18.0. The highest BCUT2D eigenvalue weighted by Gasteiger charge is 2.17. The molecule has 4 heteroatoms. The summed E-state index contributed by atoms with van der Waals surface area (Å²) in [4.78, 5) is 15.6. The molecule has 1 N–H and O–H groups in total. The van der Waals surface area contributed by atoms with Crippen molar-refractivity contribution in [3.63, 3.8) is 0 Å². The molecule has 14 heavy (non-hydrogen) atoms. The van der Waals surface area contributed by atoms with Gasteiger partial charge in [0, 0.05) is 11.4 Å². The smallest absolute Gasteiger partial charge is 0.270 e. The third kappa shape index (κ3) is 2.32. The van der Waals surface area contributed by atoms with E-state index in [2.05, 4.69) is 10.3 Å². The molecule has 0 atom stereocenters. The number of amides is 1. The number of thiazole rings is 1. The van der Waals surface area contributed by atoms with Gasteiger partial charge in [-0.05, 0) is 12.8 Å². The van der Waals surface area contributed by atoms with Crippen LogP contribution in [0.4, 0.5) is 0 Å². The van der Waals surface area contributed by atoms with Crippen LogP contribution in [-0.2, 0) is 0 Å². The molecule has 1 aromatic heterocycles. The Labute approximate surface area is 87.6 Å². The Balaban J connectivity index is 1.87. The third-order valence-corrected chi connectivity index (χ3v) is 3.19. The highest BCUT2D eigenvalue weighted by molar-refractivity contribution is 7.07. The van der Waals surface area contributed by atoms with Crippen LogP contribution in [0.5, 0.6) is 0 Å². The van der Waals surface area contributed by atoms with Crippen molar-refractivity contribution >= 4 is 17.2 Å². The molecule has 2 rings (SSSR count). The Morgan fingerprint density at radius 1 is 1.43 bits per heavy atom. The quantitative estimate of drug-likeness (QED) is 0.813. The molecule has 0 unspecified atom stereocenters. The Kier molecular flexibility index (Phi) is 3.14. The lowest BCUT2D eigenvalue weighted by Gasteiger charge is -2.22. The van der Waals surface area contributed by atoms with Gasteiger partial charge in [-0.3, -0.25) is 4.79 Å². The average molecular weight is 210 g/mol. The van der Waals surface area contributed by atoms with Crippen molar-refractivity contribution in [3.8, 4) is 0 Å². The maximum atomic E-state index is 11.6. The second kappa shape index (κ2) is 4.55. The van der Waals surface area contributed by atoms with Crippen LogP contribution >= 0.6 is 11.3 Å². The van der Waals surface area contributed by atoms with Gasteiger partial charge in [0.05, 0.1) is 5.51 Å². The number of hydrogen-bond donors (Lipinski definition) is 1. The van der Waals surface area contributed by atoms with Crippen LogP contribution in [-0.4, -0.2) is 16.9 Å². The fourth-order valence-corrected chi connectivity index (χ4v) is 2.36. The molecule has 0 spiro atoms. The van der Waals surface area contributed by atoms with E-state index in [1.807, 2.05) is 0 Å². The largest absolute Gasteiger partial charge is 0.348 e. The predicted octanol–water partition coefficient (Wildman–Crippen LogP) is 2.21. The molecular weight excluding hydrogens is 196 g/mol. The lowest BCUT2D eigenvalue weighted by atomic mass is 9.95. The number of carbonyl (C=O) groups excluding carboxylic acids is 1. The number of rotatable bonds is 2. The second-order valence-corrected chi connectivity index (χ2v) is 4.40. The molecule has 1 amide bonds. The fourth-order valence-electron chi connectivity index (χ4n) is 1.83. The van der Waals surface area contributed by atoms with Crippen LogP contribution in [0.15, 0.2) is 10.9 Å². The second-order valence-electron chi connectivity index (χ2n) is 3.68. The minimum absolute atomic E-state index is 0.0156. The summed E-state index contributed by atoms with van der Waals surface area (Å²) in [5, 5.41) is 4.82. The maximum absolute atomic E-state index is 11.6. The van der Waals surface area contributed by atoms with E-state index in [0.717, 1.165) is 12.8 Å². The van der Waals surface area contributed by atoms with Crippen LogP contribution in [0.25, 0.3) is 0 Å². The summed E-state index contributed by atoms with van der Waals surface area (Å²) in [5.74, 6) is -0.0156. The molecule has 1 heterocycles. The van der Waals surface area contributed by atoms with Crippen LogP contribution < -0.4 is 5.32 Å². The number of hydrogen-bond acceptors (Lipinski definition) is 3. The highest BCUT2D eigenvalue weighted by Crippen LogP contribution is 2.17. The van der Waals surface area contributed by atoms with Crippen molar-refractivity contribution in [3.05, 3.63) is 16.6 Å². The van der Waals surface area contributed by atoms with Gasteiger partial charge in [-0.1, -0.05) is 19.3 Å². The summed E-state index contributed by atoms with van der Waals surface area (Å²) in [7, 11) is 0. The van der Waals surface area contributed by atoms with Crippen LogP contribution in [0, 0.1) is 0 Å². The first-order valence-electron chi connectivity index (χ1n) is 5.05. The molecule has 1 aromatic rings. The van der Waals surface area contributed by atoms with Crippen molar-refractivity contribution < 1.29 is 4.79 Å². The summed E-state index contributed by atoms with van der Waals surface area (Å²) in [6, 6.07) is 0.373. The van der Waals surface area contributed by atoms with Crippen molar-refractivity contribution in [2.24, 2.45) is 0 Å². The Morgan fingerprint density at radius 3 is 2.86 bits per heavy atom. The van der Waals surface area contributed by atoms with Crippen LogP contribution in [0.2, 0.25) is 0 Å². The van der Waals surface area contributed by atoms with Gasteiger partial charge in [0.25, 0.3) is 5.91 Å². The first-order chi connectivity index (χ1) is 6.86. The maximum Gasteiger partial charge on any atom is 0.270 e. The third-order valence-electron chi connectivity index (χ3n) is 2.61. The standard InChI is InChI=1S/C10H14N2OS/c13-10(9-6-14-7-11-9)12-8-4-2-1-3-5-8/h6-8H,1-5H2,(H,12,13). The van der Waals surface area contributed by atoms with E-state index < -0.39 is 0 Å². The summed E-state index contributed by atoms with van der Waals surface area (Å²) in [6.45, 7) is 0. The van der Waals surface area contributed by atoms with Crippen molar-refractivity contribution in [1.82, 2.24) is 10.3 Å². The number of aromatic nitrogens is 1. The summed E-state index contributed by atoms with van der Waals surface area (Å²) < 4.78 is 0. The molecule has 76 valence electrons.